The molecule has 3 aromatic rings. The number of ether oxygens (including phenoxy) is 1. The third kappa shape index (κ3) is 6.23. The van der Waals surface area contributed by atoms with Gasteiger partial charge in [-0.1, -0.05) is 24.4 Å². The second-order valence-corrected chi connectivity index (χ2v) is 11.5. The van der Waals surface area contributed by atoms with Crippen LogP contribution in [0.1, 0.15) is 85.8 Å². The lowest BCUT2D eigenvalue weighted by molar-refractivity contribution is -0.143. The van der Waals surface area contributed by atoms with E-state index in [-0.39, 0.29) is 24.2 Å². The number of anilines is 1. The zero-order valence-electron chi connectivity index (χ0n) is 24.8. The van der Waals surface area contributed by atoms with Crippen LogP contribution < -0.4 is 4.90 Å². The molecule has 44 heavy (non-hydrogen) atoms. The molecule has 7 nitrogen and oxygen atoms in total. The lowest BCUT2D eigenvalue weighted by Gasteiger charge is -2.36. The molecular weight excluding hydrogens is 590 g/mol. The number of halogens is 6. The highest BCUT2D eigenvalue weighted by molar-refractivity contribution is 5.73. The third-order valence-electron chi connectivity index (χ3n) is 8.56. The van der Waals surface area contributed by atoms with E-state index in [4.69, 9.17) is 14.2 Å². The van der Waals surface area contributed by atoms with Crippen LogP contribution >= 0.6 is 0 Å². The average molecular weight is 625 g/mol. The Kier molecular flexibility index (Phi) is 8.60. The first-order valence-electron chi connectivity index (χ1n) is 14.6. The summed E-state index contributed by atoms with van der Waals surface area (Å²) in [4.78, 5) is 21.6. The number of aryl methyl sites for hydroxylation is 2. The average Bonchev–Trinajstić information content (AvgIpc) is 3.45. The Balaban J connectivity index is 1.53. The van der Waals surface area contributed by atoms with E-state index >= 15 is 0 Å². The Labute approximate surface area is 251 Å². The molecule has 5 rings (SSSR count). The quantitative estimate of drug-likeness (QED) is 0.245. The van der Waals surface area contributed by atoms with Crippen molar-refractivity contribution in [3.8, 4) is 11.1 Å². The first-order valence-corrected chi connectivity index (χ1v) is 14.6. The summed E-state index contributed by atoms with van der Waals surface area (Å²) in [6, 6.07) is 2.53. The molecule has 2 aliphatic rings. The zero-order valence-corrected chi connectivity index (χ0v) is 24.8. The van der Waals surface area contributed by atoms with Crippen LogP contribution in [0, 0.1) is 13.8 Å². The molecule has 2 aromatic heterocycles. The Morgan fingerprint density at radius 1 is 0.977 bits per heavy atom. The van der Waals surface area contributed by atoms with Crippen molar-refractivity contribution in [1.82, 2.24) is 15.0 Å². The van der Waals surface area contributed by atoms with Crippen LogP contribution in [-0.2, 0) is 23.6 Å². The molecule has 1 saturated carbocycles. The first-order chi connectivity index (χ1) is 20.7. The van der Waals surface area contributed by atoms with Crippen LogP contribution in [0.3, 0.4) is 0 Å². The van der Waals surface area contributed by atoms with Crippen molar-refractivity contribution >= 4 is 11.9 Å². The normalized spacial score (nSPS) is 19.9. The van der Waals surface area contributed by atoms with Gasteiger partial charge in [-0.25, -0.2) is 9.78 Å². The first kappa shape index (κ1) is 31.6. The second kappa shape index (κ2) is 12.0. The fourth-order valence-electron chi connectivity index (χ4n) is 6.37. The summed E-state index contributed by atoms with van der Waals surface area (Å²) in [5, 5.41) is 4.03. The van der Waals surface area contributed by atoms with E-state index in [0.29, 0.717) is 47.1 Å². The van der Waals surface area contributed by atoms with Crippen molar-refractivity contribution in [2.24, 2.45) is 0 Å². The van der Waals surface area contributed by atoms with E-state index in [1.165, 1.54) is 4.90 Å². The van der Waals surface area contributed by atoms with Crippen molar-refractivity contribution in [2.75, 3.05) is 11.4 Å². The summed E-state index contributed by atoms with van der Waals surface area (Å²) in [6.45, 7) is 7.78. The lowest BCUT2D eigenvalue weighted by Crippen LogP contribution is -2.39. The predicted octanol–water partition coefficient (Wildman–Crippen LogP) is 8.63. The number of nitrogens with zero attached hydrogens (tertiary/aromatic N) is 4. The molecule has 1 aromatic carbocycles. The van der Waals surface area contributed by atoms with Gasteiger partial charge in [0, 0.05) is 35.5 Å². The SMILES string of the molecule is CCN(c1ncc(-c2c(C)noc2C)cc1CN1C(=O)O[C@H](c2cc(C(F)(F)F)cc(C(F)(F)F)c2)[C@@H]1C)C1CCCCC1. The molecule has 0 radical (unpaired) electrons. The van der Waals surface area contributed by atoms with Gasteiger partial charge >= 0.3 is 18.4 Å². The maximum absolute atomic E-state index is 13.6. The monoisotopic (exact) mass is 624 g/mol. The fourth-order valence-corrected chi connectivity index (χ4v) is 6.37. The summed E-state index contributed by atoms with van der Waals surface area (Å²) in [5.41, 5.74) is -0.520. The summed E-state index contributed by atoms with van der Waals surface area (Å²) >= 11 is 0. The number of rotatable bonds is 7. The number of hydrogen-bond donors (Lipinski definition) is 0. The molecule has 1 aliphatic heterocycles. The molecule has 1 amide bonds. The van der Waals surface area contributed by atoms with Gasteiger partial charge in [0.2, 0.25) is 0 Å². The van der Waals surface area contributed by atoms with Gasteiger partial charge in [0.05, 0.1) is 29.4 Å². The Morgan fingerprint density at radius 3 is 2.16 bits per heavy atom. The molecule has 1 aliphatic carbocycles. The van der Waals surface area contributed by atoms with Gasteiger partial charge in [0.15, 0.2) is 0 Å². The molecule has 13 heteroatoms. The minimum Gasteiger partial charge on any atom is -0.439 e. The van der Waals surface area contributed by atoms with Gasteiger partial charge < -0.3 is 14.2 Å². The van der Waals surface area contributed by atoms with Crippen LogP contribution in [0.25, 0.3) is 11.1 Å². The minimum absolute atomic E-state index is 0.0235. The minimum atomic E-state index is -5.02. The Morgan fingerprint density at radius 2 is 1.61 bits per heavy atom. The van der Waals surface area contributed by atoms with E-state index < -0.39 is 41.7 Å². The van der Waals surface area contributed by atoms with Crippen LogP contribution in [0.15, 0.2) is 35.0 Å². The van der Waals surface area contributed by atoms with E-state index in [1.807, 2.05) is 13.0 Å². The summed E-state index contributed by atoms with van der Waals surface area (Å²) in [6.07, 6.45) is -5.22. The highest BCUT2D eigenvalue weighted by Gasteiger charge is 2.43. The molecule has 0 N–H and O–H groups in total. The maximum atomic E-state index is 13.6. The van der Waals surface area contributed by atoms with Crippen molar-refractivity contribution in [1.29, 1.82) is 0 Å². The number of hydrogen-bond acceptors (Lipinski definition) is 6. The number of aromatic nitrogens is 2. The summed E-state index contributed by atoms with van der Waals surface area (Å²) < 4.78 is 92.2. The summed E-state index contributed by atoms with van der Waals surface area (Å²) in [7, 11) is 0. The predicted molar refractivity (Wildman–Crippen MR) is 150 cm³/mol. The number of cyclic esters (lactones) is 1. The fraction of sp³-hybridized carbons (Fsp3) is 0.516. The molecule has 2 fully saturated rings. The second-order valence-electron chi connectivity index (χ2n) is 11.5. The van der Waals surface area contributed by atoms with Crippen molar-refractivity contribution < 1.29 is 40.4 Å². The van der Waals surface area contributed by atoms with E-state index in [0.717, 1.165) is 37.7 Å². The Bertz CT molecular complexity index is 1460. The molecule has 0 bridgehead atoms. The number of alkyl halides is 6. The molecule has 238 valence electrons. The topological polar surface area (TPSA) is 71.7 Å². The number of benzene rings is 1. The highest BCUT2D eigenvalue weighted by Crippen LogP contribution is 2.42. The lowest BCUT2D eigenvalue weighted by atomic mass is 9.93. The van der Waals surface area contributed by atoms with Gasteiger partial charge in [0.25, 0.3) is 0 Å². The van der Waals surface area contributed by atoms with Crippen LogP contribution in [0.4, 0.5) is 37.0 Å². The molecule has 1 saturated heterocycles. The number of amides is 1. The standard InChI is InChI=1S/C31H34F6N4O3/c1-5-40(25-9-7-6-8-10-25)28-22(11-21(15-38-28)26-17(2)39-44-19(26)4)16-41-18(3)27(43-29(41)42)20-12-23(30(32,33)34)14-24(13-20)31(35,36)37/h11-15,18,25,27H,5-10,16H2,1-4H3/t18-,27-/m0/s1. The van der Waals surface area contributed by atoms with Crippen LogP contribution in [0.5, 0.6) is 0 Å². The van der Waals surface area contributed by atoms with E-state index in [9.17, 15) is 31.1 Å². The third-order valence-corrected chi connectivity index (χ3v) is 8.56. The smallest absolute Gasteiger partial charge is 0.416 e. The van der Waals surface area contributed by atoms with Crippen molar-refractivity contribution in [2.45, 2.75) is 96.9 Å². The highest BCUT2D eigenvalue weighted by atomic mass is 19.4. The van der Waals surface area contributed by atoms with Gasteiger partial charge in [-0.3, -0.25) is 4.90 Å². The molecule has 2 atom stereocenters. The number of carbonyl (C=O) groups is 1. The molecular formula is C31H34F6N4O3. The largest absolute Gasteiger partial charge is 0.439 e. The van der Waals surface area contributed by atoms with E-state index in [1.54, 1.807) is 27.0 Å². The van der Waals surface area contributed by atoms with Crippen molar-refractivity contribution in [3.05, 3.63) is 64.2 Å². The number of pyridine rings is 1. The zero-order chi connectivity index (χ0) is 32.0. The van der Waals surface area contributed by atoms with Gasteiger partial charge in [-0.05, 0) is 70.4 Å². The molecule has 3 heterocycles. The van der Waals surface area contributed by atoms with E-state index in [2.05, 4.69) is 10.1 Å². The maximum Gasteiger partial charge on any atom is 0.416 e. The van der Waals surface area contributed by atoms with Crippen LogP contribution in [0.2, 0.25) is 0 Å². The van der Waals surface area contributed by atoms with Crippen LogP contribution in [-0.4, -0.2) is 39.8 Å². The molecule has 0 unspecified atom stereocenters. The van der Waals surface area contributed by atoms with Gasteiger partial charge in [0.1, 0.15) is 17.7 Å². The summed E-state index contributed by atoms with van der Waals surface area (Å²) in [5.74, 6) is 1.25. The Hall–Kier alpha value is -3.77. The number of carbonyl (C=O) groups excluding carboxylic acids is 1. The van der Waals surface area contributed by atoms with Gasteiger partial charge in [-0.15, -0.1) is 0 Å². The van der Waals surface area contributed by atoms with Gasteiger partial charge in [-0.2, -0.15) is 26.3 Å². The van der Waals surface area contributed by atoms with Crippen molar-refractivity contribution in [3.63, 3.8) is 0 Å². The molecule has 0 spiro atoms.